The number of aromatic nitrogens is 1. The molecular formula is C10H17ClN2OS. The summed E-state index contributed by atoms with van der Waals surface area (Å²) in [6, 6.07) is 0. The summed E-state index contributed by atoms with van der Waals surface area (Å²) in [7, 11) is 2.02. The number of aryl methyl sites for hydroxylation is 1. The smallest absolute Gasteiger partial charge is 0.0929 e. The maximum Gasteiger partial charge on any atom is 0.0929 e. The zero-order chi connectivity index (χ0) is 11.1. The molecule has 1 aromatic heterocycles. The molecule has 0 aliphatic heterocycles. The molecule has 0 radical (unpaired) electrons. The summed E-state index contributed by atoms with van der Waals surface area (Å²) in [5, 5.41) is 11.9. The van der Waals surface area contributed by atoms with E-state index in [0.29, 0.717) is 5.88 Å². The van der Waals surface area contributed by atoms with Crippen LogP contribution in [0.15, 0.2) is 5.38 Å². The maximum atomic E-state index is 8.72. The summed E-state index contributed by atoms with van der Waals surface area (Å²) in [5.74, 6) is 0.501. The number of hydrogen-bond donors (Lipinski definition) is 1. The molecule has 1 rings (SSSR count). The molecule has 86 valence electrons. The van der Waals surface area contributed by atoms with Crippen molar-refractivity contribution in [2.45, 2.75) is 18.7 Å². The summed E-state index contributed by atoms with van der Waals surface area (Å²) < 4.78 is 0. The number of nitrogens with zero attached hydrogens (tertiary/aromatic N) is 2. The molecule has 3 nitrogen and oxygen atoms in total. The lowest BCUT2D eigenvalue weighted by molar-refractivity contribution is 0.220. The fourth-order valence-electron chi connectivity index (χ4n) is 1.31. The molecule has 1 heterocycles. The van der Waals surface area contributed by atoms with Crippen LogP contribution in [0.2, 0.25) is 0 Å². The molecule has 1 aromatic rings. The van der Waals surface area contributed by atoms with Crippen molar-refractivity contribution in [3.05, 3.63) is 16.1 Å². The van der Waals surface area contributed by atoms with Crippen LogP contribution in [0, 0.1) is 0 Å². The zero-order valence-electron chi connectivity index (χ0n) is 8.95. The second kappa shape index (κ2) is 7.17. The third-order valence-corrected chi connectivity index (χ3v) is 3.38. The Labute approximate surface area is 99.7 Å². The summed E-state index contributed by atoms with van der Waals surface area (Å²) in [6.45, 7) is 1.96. The molecule has 0 aliphatic rings. The minimum Gasteiger partial charge on any atom is -0.395 e. The molecule has 5 heteroatoms. The Morgan fingerprint density at radius 1 is 1.53 bits per heavy atom. The normalized spacial score (nSPS) is 11.2. The lowest BCUT2D eigenvalue weighted by Gasteiger charge is -2.13. The first-order valence-corrected chi connectivity index (χ1v) is 6.46. The van der Waals surface area contributed by atoms with Gasteiger partial charge in [-0.15, -0.1) is 22.9 Å². The molecule has 0 bridgehead atoms. The van der Waals surface area contributed by atoms with Gasteiger partial charge in [0.25, 0.3) is 0 Å². The molecule has 0 aliphatic carbocycles. The molecule has 0 amide bonds. The Morgan fingerprint density at radius 3 is 2.93 bits per heavy atom. The zero-order valence-corrected chi connectivity index (χ0v) is 10.5. The van der Waals surface area contributed by atoms with Crippen molar-refractivity contribution in [1.29, 1.82) is 0 Å². The van der Waals surface area contributed by atoms with Crippen LogP contribution in [0.5, 0.6) is 0 Å². The molecule has 15 heavy (non-hydrogen) atoms. The van der Waals surface area contributed by atoms with Crippen molar-refractivity contribution >= 4 is 22.9 Å². The van der Waals surface area contributed by atoms with Crippen LogP contribution < -0.4 is 0 Å². The van der Waals surface area contributed by atoms with Crippen molar-refractivity contribution in [3.8, 4) is 0 Å². The first-order valence-electron chi connectivity index (χ1n) is 5.05. The van der Waals surface area contributed by atoms with Gasteiger partial charge < -0.3 is 10.0 Å². The molecule has 0 aromatic carbocycles. The number of alkyl halides is 1. The maximum absolute atomic E-state index is 8.72. The second-order valence-corrected chi connectivity index (χ2v) is 4.71. The molecule has 0 spiro atoms. The minimum atomic E-state index is 0.226. The van der Waals surface area contributed by atoms with E-state index in [2.05, 4.69) is 9.88 Å². The SMILES string of the molecule is CN(CCO)CCCc1nc(CCl)cs1. The molecule has 0 saturated carbocycles. The van der Waals surface area contributed by atoms with Crippen LogP contribution in [0.4, 0.5) is 0 Å². The van der Waals surface area contributed by atoms with Gasteiger partial charge in [0.15, 0.2) is 0 Å². The van der Waals surface area contributed by atoms with E-state index in [4.69, 9.17) is 16.7 Å². The van der Waals surface area contributed by atoms with Crippen LogP contribution in [0.25, 0.3) is 0 Å². The number of halogens is 1. The molecule has 0 fully saturated rings. The van der Waals surface area contributed by atoms with Gasteiger partial charge in [-0.05, 0) is 20.0 Å². The van der Waals surface area contributed by atoms with Crippen molar-refractivity contribution in [1.82, 2.24) is 9.88 Å². The third kappa shape index (κ3) is 4.93. The monoisotopic (exact) mass is 248 g/mol. The second-order valence-electron chi connectivity index (χ2n) is 3.50. The summed E-state index contributed by atoms with van der Waals surface area (Å²) >= 11 is 7.35. The lowest BCUT2D eigenvalue weighted by Crippen LogP contribution is -2.23. The quantitative estimate of drug-likeness (QED) is 0.747. The predicted molar refractivity (Wildman–Crippen MR) is 64.6 cm³/mol. The highest BCUT2D eigenvalue weighted by molar-refractivity contribution is 7.09. The standard InChI is InChI=1S/C10H17ClN2OS/c1-13(5-6-14)4-2-3-10-12-9(7-11)8-15-10/h8,14H,2-7H2,1H3. The Hall–Kier alpha value is -0.160. The third-order valence-electron chi connectivity index (χ3n) is 2.15. The first kappa shape index (κ1) is 12.9. The number of hydrogen-bond acceptors (Lipinski definition) is 4. The summed E-state index contributed by atoms with van der Waals surface area (Å²) in [4.78, 5) is 6.51. The van der Waals surface area contributed by atoms with Crippen molar-refractivity contribution in [3.63, 3.8) is 0 Å². The highest BCUT2D eigenvalue weighted by Gasteiger charge is 2.02. The molecule has 0 unspecified atom stereocenters. The van der Waals surface area contributed by atoms with E-state index in [-0.39, 0.29) is 6.61 Å². The highest BCUT2D eigenvalue weighted by Crippen LogP contribution is 2.13. The molecular weight excluding hydrogens is 232 g/mol. The Morgan fingerprint density at radius 2 is 2.33 bits per heavy atom. The van der Waals surface area contributed by atoms with Crippen LogP contribution in [0.1, 0.15) is 17.1 Å². The predicted octanol–water partition coefficient (Wildman–Crippen LogP) is 1.74. The molecule has 0 saturated heterocycles. The first-order chi connectivity index (χ1) is 7.26. The topological polar surface area (TPSA) is 36.4 Å². The van der Waals surface area contributed by atoms with Crippen molar-refractivity contribution in [2.24, 2.45) is 0 Å². The van der Waals surface area contributed by atoms with Gasteiger partial charge in [0.1, 0.15) is 0 Å². The van der Waals surface area contributed by atoms with Crippen molar-refractivity contribution in [2.75, 3.05) is 26.7 Å². The van der Waals surface area contributed by atoms with Crippen molar-refractivity contribution < 1.29 is 5.11 Å². The van der Waals surface area contributed by atoms with E-state index in [0.717, 1.165) is 36.6 Å². The van der Waals surface area contributed by atoms with E-state index >= 15 is 0 Å². The number of likely N-dealkylation sites (N-methyl/N-ethyl adjacent to an activating group) is 1. The minimum absolute atomic E-state index is 0.226. The number of aliphatic hydroxyl groups excluding tert-OH is 1. The number of thiazole rings is 1. The van der Waals surface area contributed by atoms with E-state index in [1.165, 1.54) is 0 Å². The van der Waals surface area contributed by atoms with Gasteiger partial charge in [0.2, 0.25) is 0 Å². The molecule has 1 N–H and O–H groups in total. The fourth-order valence-corrected chi connectivity index (χ4v) is 2.38. The lowest BCUT2D eigenvalue weighted by atomic mass is 10.3. The Bertz CT molecular complexity index is 280. The average Bonchev–Trinajstić information content (AvgIpc) is 2.66. The Balaban J connectivity index is 2.19. The van der Waals surface area contributed by atoms with Gasteiger partial charge in [-0.3, -0.25) is 0 Å². The van der Waals surface area contributed by atoms with Crippen LogP contribution in [-0.4, -0.2) is 41.7 Å². The van der Waals surface area contributed by atoms with Gasteiger partial charge in [0.05, 0.1) is 23.2 Å². The number of aliphatic hydroxyl groups is 1. The van der Waals surface area contributed by atoms with Gasteiger partial charge in [-0.25, -0.2) is 4.98 Å². The van der Waals surface area contributed by atoms with Gasteiger partial charge in [-0.1, -0.05) is 0 Å². The fraction of sp³-hybridized carbons (Fsp3) is 0.700. The van der Waals surface area contributed by atoms with Crippen LogP contribution in [-0.2, 0) is 12.3 Å². The Kier molecular flexibility index (Phi) is 6.17. The largest absolute Gasteiger partial charge is 0.395 e. The van der Waals surface area contributed by atoms with E-state index in [1.54, 1.807) is 11.3 Å². The average molecular weight is 249 g/mol. The molecule has 0 atom stereocenters. The van der Waals surface area contributed by atoms with Gasteiger partial charge in [-0.2, -0.15) is 0 Å². The van der Waals surface area contributed by atoms with Crippen LogP contribution in [0.3, 0.4) is 0 Å². The van der Waals surface area contributed by atoms with E-state index < -0.39 is 0 Å². The summed E-state index contributed by atoms with van der Waals surface area (Å²) in [6.07, 6.45) is 2.07. The van der Waals surface area contributed by atoms with E-state index in [1.807, 2.05) is 12.4 Å². The summed E-state index contributed by atoms with van der Waals surface area (Å²) in [5.41, 5.74) is 0.973. The van der Waals surface area contributed by atoms with E-state index in [9.17, 15) is 0 Å². The highest BCUT2D eigenvalue weighted by atomic mass is 35.5. The van der Waals surface area contributed by atoms with Crippen LogP contribution >= 0.6 is 22.9 Å². The number of rotatable bonds is 7. The van der Waals surface area contributed by atoms with Gasteiger partial charge >= 0.3 is 0 Å². The van der Waals surface area contributed by atoms with Gasteiger partial charge in [0, 0.05) is 18.3 Å².